The van der Waals surface area contributed by atoms with Crippen molar-refractivity contribution in [3.63, 3.8) is 0 Å². The van der Waals surface area contributed by atoms with Gasteiger partial charge in [-0.05, 0) is 6.07 Å². The lowest BCUT2D eigenvalue weighted by molar-refractivity contribution is -0.130. The monoisotopic (exact) mass is 424 g/mol. The predicted octanol–water partition coefficient (Wildman–Crippen LogP) is 4.49. The number of halogens is 3. The van der Waals surface area contributed by atoms with Gasteiger partial charge in [-0.2, -0.15) is 0 Å². The van der Waals surface area contributed by atoms with E-state index in [1.165, 1.54) is 12.1 Å². The van der Waals surface area contributed by atoms with Crippen molar-refractivity contribution in [2.24, 2.45) is 0 Å². The standard InChI is InChI=1S/C20H23ClF2N4O2/c1-11(2)19-24-20(16-10-25(12(3)28)4-5-26(16)19)27-6-7-29-17-9-14(21)13(18(22)23)8-15(17)27/h8-9,11,18H,4-7,10H2,1-3H3. The molecule has 0 bridgehead atoms. The van der Waals surface area contributed by atoms with Crippen LogP contribution in [0.1, 0.15) is 50.2 Å². The van der Waals surface area contributed by atoms with Crippen molar-refractivity contribution < 1.29 is 18.3 Å². The maximum absolute atomic E-state index is 13.4. The number of hydrogen-bond donors (Lipinski definition) is 0. The molecule has 156 valence electrons. The number of fused-ring (bicyclic) bond motifs is 2. The van der Waals surface area contributed by atoms with E-state index in [-0.39, 0.29) is 22.4 Å². The summed E-state index contributed by atoms with van der Waals surface area (Å²) in [7, 11) is 0. The van der Waals surface area contributed by atoms with Gasteiger partial charge in [-0.15, -0.1) is 0 Å². The Morgan fingerprint density at radius 3 is 2.66 bits per heavy atom. The van der Waals surface area contributed by atoms with Gasteiger partial charge in [-0.25, -0.2) is 13.8 Å². The highest BCUT2D eigenvalue weighted by atomic mass is 35.5. The van der Waals surface area contributed by atoms with E-state index < -0.39 is 6.43 Å². The van der Waals surface area contributed by atoms with Gasteiger partial charge in [0, 0.05) is 37.6 Å². The molecule has 9 heteroatoms. The molecule has 0 saturated carbocycles. The normalized spacial score (nSPS) is 16.1. The molecule has 0 aliphatic carbocycles. The molecular weight excluding hydrogens is 402 g/mol. The minimum absolute atomic E-state index is 0.00337. The van der Waals surface area contributed by atoms with Gasteiger partial charge >= 0.3 is 0 Å². The van der Waals surface area contributed by atoms with Crippen molar-refractivity contribution in [2.45, 2.75) is 46.2 Å². The van der Waals surface area contributed by atoms with Crippen LogP contribution in [0.5, 0.6) is 5.75 Å². The molecule has 29 heavy (non-hydrogen) atoms. The van der Waals surface area contributed by atoms with Gasteiger partial charge in [-0.3, -0.25) is 4.79 Å². The van der Waals surface area contributed by atoms with Gasteiger partial charge < -0.3 is 19.1 Å². The number of hydrogen-bond acceptors (Lipinski definition) is 4. The molecule has 1 aromatic heterocycles. The van der Waals surface area contributed by atoms with Crippen molar-refractivity contribution in [1.82, 2.24) is 14.5 Å². The Morgan fingerprint density at radius 2 is 2.00 bits per heavy atom. The fourth-order valence-electron chi connectivity index (χ4n) is 3.95. The predicted molar refractivity (Wildman–Crippen MR) is 106 cm³/mol. The minimum atomic E-state index is -2.69. The van der Waals surface area contributed by atoms with Crippen LogP contribution in [0.2, 0.25) is 5.02 Å². The van der Waals surface area contributed by atoms with Gasteiger partial charge in [-0.1, -0.05) is 25.4 Å². The Balaban J connectivity index is 1.85. The molecule has 0 saturated heterocycles. The zero-order valence-electron chi connectivity index (χ0n) is 16.6. The molecule has 0 N–H and O–H groups in total. The van der Waals surface area contributed by atoms with Gasteiger partial charge in [0.2, 0.25) is 5.91 Å². The van der Waals surface area contributed by atoms with E-state index in [0.717, 1.165) is 11.5 Å². The fraction of sp³-hybridized carbons (Fsp3) is 0.500. The minimum Gasteiger partial charge on any atom is -0.489 e. The van der Waals surface area contributed by atoms with Crippen LogP contribution in [-0.2, 0) is 17.9 Å². The van der Waals surface area contributed by atoms with E-state index in [2.05, 4.69) is 18.4 Å². The third kappa shape index (κ3) is 3.43. The molecule has 0 unspecified atom stereocenters. The molecule has 0 fully saturated rings. The molecule has 4 rings (SSSR count). The summed E-state index contributed by atoms with van der Waals surface area (Å²) in [5.74, 6) is 2.26. The number of nitrogens with zero attached hydrogens (tertiary/aromatic N) is 4. The molecule has 1 amide bonds. The SMILES string of the molecule is CC(=O)N1CCn2c(C(C)C)nc(N3CCOc4cc(Cl)c(C(F)F)cc43)c2C1. The number of imidazole rings is 1. The van der Waals surface area contributed by atoms with Crippen molar-refractivity contribution in [3.8, 4) is 5.75 Å². The Labute approximate surface area is 173 Å². The molecule has 0 atom stereocenters. The summed E-state index contributed by atoms with van der Waals surface area (Å²) >= 11 is 6.02. The smallest absolute Gasteiger partial charge is 0.265 e. The van der Waals surface area contributed by atoms with E-state index in [9.17, 15) is 13.6 Å². The molecule has 0 radical (unpaired) electrons. The first-order chi connectivity index (χ1) is 13.8. The third-order valence-corrected chi connectivity index (χ3v) is 5.74. The number of ether oxygens (including phenoxy) is 1. The lowest BCUT2D eigenvalue weighted by Crippen LogP contribution is -2.38. The second-order valence-electron chi connectivity index (χ2n) is 7.63. The Kier molecular flexibility index (Phi) is 5.14. The van der Waals surface area contributed by atoms with E-state index in [1.807, 2.05) is 4.90 Å². The second-order valence-corrected chi connectivity index (χ2v) is 8.04. The average Bonchev–Trinajstić information content (AvgIpc) is 3.05. The van der Waals surface area contributed by atoms with Gasteiger partial charge in [0.05, 0.1) is 29.5 Å². The maximum atomic E-state index is 13.4. The average molecular weight is 425 g/mol. The number of anilines is 2. The molecule has 2 aliphatic rings. The first-order valence-electron chi connectivity index (χ1n) is 9.64. The van der Waals surface area contributed by atoms with Crippen LogP contribution < -0.4 is 9.64 Å². The highest BCUT2D eigenvalue weighted by Gasteiger charge is 2.32. The molecule has 2 aromatic rings. The van der Waals surface area contributed by atoms with Crippen molar-refractivity contribution >= 4 is 29.0 Å². The molecular formula is C20H23ClF2N4O2. The lowest BCUT2D eigenvalue weighted by Gasteiger charge is -2.33. The zero-order valence-corrected chi connectivity index (χ0v) is 17.3. The first-order valence-corrected chi connectivity index (χ1v) is 10.0. The zero-order chi connectivity index (χ0) is 20.9. The van der Waals surface area contributed by atoms with Crippen LogP contribution in [0, 0.1) is 0 Å². The number of alkyl halides is 2. The Morgan fingerprint density at radius 1 is 1.24 bits per heavy atom. The summed E-state index contributed by atoms with van der Waals surface area (Å²) in [5, 5.41) is -0.0157. The van der Waals surface area contributed by atoms with E-state index in [0.29, 0.717) is 50.0 Å². The van der Waals surface area contributed by atoms with Crippen LogP contribution >= 0.6 is 11.6 Å². The number of benzene rings is 1. The van der Waals surface area contributed by atoms with E-state index >= 15 is 0 Å². The summed E-state index contributed by atoms with van der Waals surface area (Å²) in [6, 6.07) is 2.83. The number of carbonyl (C=O) groups is 1. The van der Waals surface area contributed by atoms with Crippen molar-refractivity contribution in [3.05, 3.63) is 34.2 Å². The van der Waals surface area contributed by atoms with Crippen LogP contribution in [0.4, 0.5) is 20.3 Å². The van der Waals surface area contributed by atoms with Gasteiger partial charge in [0.1, 0.15) is 18.2 Å². The van der Waals surface area contributed by atoms with Gasteiger partial charge in [0.25, 0.3) is 6.43 Å². The number of aromatic nitrogens is 2. The lowest BCUT2D eigenvalue weighted by atomic mass is 10.1. The Bertz CT molecular complexity index is 960. The number of rotatable bonds is 3. The Hall–Kier alpha value is -2.35. The largest absolute Gasteiger partial charge is 0.489 e. The summed E-state index contributed by atoms with van der Waals surface area (Å²) in [5.41, 5.74) is 1.20. The maximum Gasteiger partial charge on any atom is 0.265 e. The summed E-state index contributed by atoms with van der Waals surface area (Å²) in [6.07, 6.45) is -2.69. The van der Waals surface area contributed by atoms with Crippen molar-refractivity contribution in [1.29, 1.82) is 0 Å². The summed E-state index contributed by atoms with van der Waals surface area (Å²) in [6.45, 7) is 8.27. The second kappa shape index (κ2) is 7.48. The number of amides is 1. The third-order valence-electron chi connectivity index (χ3n) is 5.41. The highest BCUT2D eigenvalue weighted by molar-refractivity contribution is 6.31. The molecule has 0 spiro atoms. The first kappa shape index (κ1) is 19.9. The molecule has 2 aliphatic heterocycles. The molecule has 6 nitrogen and oxygen atoms in total. The van der Waals surface area contributed by atoms with E-state index in [4.69, 9.17) is 21.3 Å². The summed E-state index contributed by atoms with van der Waals surface area (Å²) in [4.78, 5) is 20.5. The number of carbonyl (C=O) groups excluding carboxylic acids is 1. The van der Waals surface area contributed by atoms with Crippen LogP contribution in [0.3, 0.4) is 0 Å². The van der Waals surface area contributed by atoms with Crippen LogP contribution in [-0.4, -0.2) is 40.1 Å². The van der Waals surface area contributed by atoms with Gasteiger partial charge in [0.15, 0.2) is 5.82 Å². The molecule has 3 heterocycles. The van der Waals surface area contributed by atoms with Crippen LogP contribution in [0.25, 0.3) is 0 Å². The van der Waals surface area contributed by atoms with Crippen LogP contribution in [0.15, 0.2) is 12.1 Å². The topological polar surface area (TPSA) is 50.6 Å². The van der Waals surface area contributed by atoms with Crippen molar-refractivity contribution in [2.75, 3.05) is 24.6 Å². The highest BCUT2D eigenvalue weighted by Crippen LogP contribution is 2.44. The molecule has 1 aromatic carbocycles. The summed E-state index contributed by atoms with van der Waals surface area (Å²) < 4.78 is 34.7. The van der Waals surface area contributed by atoms with E-state index in [1.54, 1.807) is 11.8 Å². The quantitative estimate of drug-likeness (QED) is 0.728. The fourth-order valence-corrected chi connectivity index (χ4v) is 4.18.